The number of likely N-dealkylation sites (N-methyl/N-ethyl adjacent to an activating group) is 1. The number of aliphatic carboxylic acids is 1. The maximum absolute atomic E-state index is 11.0. The van der Waals surface area contributed by atoms with E-state index in [0.29, 0.717) is 13.1 Å². The number of carboxylic acid groups (broad SMARTS) is 1. The third kappa shape index (κ3) is 3.34. The summed E-state index contributed by atoms with van der Waals surface area (Å²) in [6, 6.07) is -0.546. The summed E-state index contributed by atoms with van der Waals surface area (Å²) in [4.78, 5) is 15.2. The number of carboxylic acids is 1. The van der Waals surface area contributed by atoms with Crippen molar-refractivity contribution in [3.63, 3.8) is 0 Å². The van der Waals surface area contributed by atoms with Crippen molar-refractivity contribution in [2.24, 2.45) is 0 Å². The first kappa shape index (κ1) is 12.7. The zero-order chi connectivity index (χ0) is 12.0. The summed E-state index contributed by atoms with van der Waals surface area (Å²) in [5, 5.41) is 12.0. The third-order valence-electron chi connectivity index (χ3n) is 2.40. The van der Waals surface area contributed by atoms with Gasteiger partial charge in [0.2, 0.25) is 0 Å². The minimum Gasteiger partial charge on any atom is -0.480 e. The molecule has 0 amide bonds. The Balaban J connectivity index is 2.68. The van der Waals surface area contributed by atoms with E-state index in [9.17, 15) is 4.79 Å². The quantitative estimate of drug-likeness (QED) is 0.723. The van der Waals surface area contributed by atoms with Gasteiger partial charge in [0.15, 0.2) is 0 Å². The lowest BCUT2D eigenvalue weighted by Gasteiger charge is -2.15. The molecule has 0 fully saturated rings. The normalized spacial score (nSPS) is 12.6. The Kier molecular flexibility index (Phi) is 4.98. The molecule has 0 bridgehead atoms. The predicted molar refractivity (Wildman–Crippen MR) is 61.3 cm³/mol. The third-order valence-corrected chi connectivity index (χ3v) is 2.40. The lowest BCUT2D eigenvalue weighted by Crippen LogP contribution is -2.40. The molecule has 0 aliphatic carbocycles. The molecule has 1 heterocycles. The van der Waals surface area contributed by atoms with Crippen molar-refractivity contribution < 1.29 is 9.90 Å². The molecular weight excluding hydrogens is 206 g/mol. The molecule has 2 N–H and O–H groups in total. The van der Waals surface area contributed by atoms with Gasteiger partial charge in [-0.25, -0.2) is 4.98 Å². The average Bonchev–Trinajstić information content (AvgIpc) is 2.65. The molecule has 1 rings (SSSR count). The number of imidazole rings is 1. The Hall–Kier alpha value is -1.36. The molecule has 0 saturated heterocycles. The summed E-state index contributed by atoms with van der Waals surface area (Å²) >= 11 is 0. The van der Waals surface area contributed by atoms with E-state index >= 15 is 0 Å². The largest absolute Gasteiger partial charge is 0.480 e. The summed E-state index contributed by atoms with van der Waals surface area (Å²) in [7, 11) is 0. The van der Waals surface area contributed by atoms with E-state index in [0.717, 1.165) is 18.7 Å². The van der Waals surface area contributed by atoms with E-state index in [1.54, 1.807) is 6.20 Å². The number of nitrogens with zero attached hydrogens (tertiary/aromatic N) is 2. The highest BCUT2D eigenvalue weighted by Gasteiger charge is 2.17. The van der Waals surface area contributed by atoms with Crippen LogP contribution in [0.4, 0.5) is 0 Å². The lowest BCUT2D eigenvalue weighted by atomic mass is 10.2. The highest BCUT2D eigenvalue weighted by Crippen LogP contribution is 2.03. The van der Waals surface area contributed by atoms with Gasteiger partial charge in [-0.2, -0.15) is 0 Å². The molecule has 90 valence electrons. The summed E-state index contributed by atoms with van der Waals surface area (Å²) in [6.07, 6.45) is 5.44. The van der Waals surface area contributed by atoms with Crippen molar-refractivity contribution in [2.45, 2.75) is 39.3 Å². The summed E-state index contributed by atoms with van der Waals surface area (Å²) < 4.78 is 1.91. The van der Waals surface area contributed by atoms with Gasteiger partial charge in [-0.1, -0.05) is 13.8 Å². The van der Waals surface area contributed by atoms with Gasteiger partial charge in [-0.05, 0) is 13.0 Å². The topological polar surface area (TPSA) is 67.2 Å². The number of nitrogens with one attached hydrogen (secondary N) is 1. The Morgan fingerprint density at radius 1 is 1.62 bits per heavy atom. The molecule has 0 aliphatic rings. The fraction of sp³-hybridized carbons (Fsp3) is 0.636. The van der Waals surface area contributed by atoms with Gasteiger partial charge in [-0.15, -0.1) is 0 Å². The van der Waals surface area contributed by atoms with Gasteiger partial charge >= 0.3 is 5.97 Å². The molecule has 0 aliphatic heterocycles. The first-order chi connectivity index (χ1) is 7.69. The summed E-state index contributed by atoms with van der Waals surface area (Å²) in [6.45, 7) is 5.06. The van der Waals surface area contributed by atoms with Crippen LogP contribution in [-0.4, -0.2) is 33.2 Å². The molecule has 0 spiro atoms. The second-order valence-electron chi connectivity index (χ2n) is 3.69. The van der Waals surface area contributed by atoms with Crippen molar-refractivity contribution >= 4 is 5.97 Å². The van der Waals surface area contributed by atoms with E-state index in [4.69, 9.17) is 5.11 Å². The Morgan fingerprint density at radius 3 is 2.94 bits per heavy atom. The SMILES string of the molecule is CCCc1nccn1CC(NCC)C(=O)O. The van der Waals surface area contributed by atoms with Crippen LogP contribution < -0.4 is 5.32 Å². The monoisotopic (exact) mass is 225 g/mol. The van der Waals surface area contributed by atoms with Crippen LogP contribution in [0.5, 0.6) is 0 Å². The number of aryl methyl sites for hydroxylation is 1. The number of carbonyl (C=O) groups is 1. The second-order valence-corrected chi connectivity index (χ2v) is 3.69. The molecule has 0 aromatic carbocycles. The van der Waals surface area contributed by atoms with E-state index in [1.807, 2.05) is 17.7 Å². The standard InChI is InChI=1S/C11H19N3O2/c1-3-5-10-13-6-7-14(10)8-9(11(15)16)12-4-2/h6-7,9,12H,3-5,8H2,1-2H3,(H,15,16). The second kappa shape index (κ2) is 6.27. The number of hydrogen-bond acceptors (Lipinski definition) is 3. The molecule has 1 unspecified atom stereocenters. The highest BCUT2D eigenvalue weighted by molar-refractivity contribution is 5.73. The fourth-order valence-electron chi connectivity index (χ4n) is 1.63. The van der Waals surface area contributed by atoms with Crippen LogP contribution in [0.25, 0.3) is 0 Å². The number of rotatable bonds is 7. The Labute approximate surface area is 95.5 Å². The van der Waals surface area contributed by atoms with Gasteiger partial charge in [0, 0.05) is 25.4 Å². The van der Waals surface area contributed by atoms with E-state index in [-0.39, 0.29) is 0 Å². The molecule has 5 heteroatoms. The molecule has 0 radical (unpaired) electrons. The predicted octanol–water partition coefficient (Wildman–Crippen LogP) is 0.898. The van der Waals surface area contributed by atoms with Crippen molar-refractivity contribution in [2.75, 3.05) is 6.54 Å². The van der Waals surface area contributed by atoms with Crippen molar-refractivity contribution in [1.82, 2.24) is 14.9 Å². The summed E-state index contributed by atoms with van der Waals surface area (Å²) in [5.41, 5.74) is 0. The summed E-state index contributed by atoms with van der Waals surface area (Å²) in [5.74, 6) is 0.129. The zero-order valence-corrected chi connectivity index (χ0v) is 9.81. The molecule has 1 atom stereocenters. The molecule has 16 heavy (non-hydrogen) atoms. The Morgan fingerprint density at radius 2 is 2.38 bits per heavy atom. The molecule has 1 aromatic rings. The first-order valence-electron chi connectivity index (χ1n) is 5.65. The van der Waals surface area contributed by atoms with Crippen LogP contribution in [0.3, 0.4) is 0 Å². The van der Waals surface area contributed by atoms with Gasteiger partial charge < -0.3 is 15.0 Å². The number of hydrogen-bond donors (Lipinski definition) is 2. The van der Waals surface area contributed by atoms with Crippen LogP contribution in [-0.2, 0) is 17.8 Å². The van der Waals surface area contributed by atoms with Crippen LogP contribution in [0.15, 0.2) is 12.4 Å². The van der Waals surface area contributed by atoms with Crippen LogP contribution in [0, 0.1) is 0 Å². The van der Waals surface area contributed by atoms with Crippen LogP contribution in [0.2, 0.25) is 0 Å². The van der Waals surface area contributed by atoms with Crippen molar-refractivity contribution in [3.8, 4) is 0 Å². The Bertz CT molecular complexity index is 336. The fourth-order valence-corrected chi connectivity index (χ4v) is 1.63. The van der Waals surface area contributed by atoms with Gasteiger partial charge in [0.25, 0.3) is 0 Å². The van der Waals surface area contributed by atoms with E-state index in [1.165, 1.54) is 0 Å². The lowest BCUT2D eigenvalue weighted by molar-refractivity contribution is -0.139. The maximum Gasteiger partial charge on any atom is 0.322 e. The minimum atomic E-state index is -0.821. The number of aromatic nitrogens is 2. The van der Waals surface area contributed by atoms with Crippen LogP contribution in [0.1, 0.15) is 26.1 Å². The van der Waals surface area contributed by atoms with Crippen molar-refractivity contribution in [1.29, 1.82) is 0 Å². The molecular formula is C11H19N3O2. The molecule has 5 nitrogen and oxygen atoms in total. The van der Waals surface area contributed by atoms with Crippen molar-refractivity contribution in [3.05, 3.63) is 18.2 Å². The molecule has 0 saturated carbocycles. The highest BCUT2D eigenvalue weighted by atomic mass is 16.4. The average molecular weight is 225 g/mol. The van der Waals surface area contributed by atoms with Gasteiger partial charge in [0.05, 0.1) is 0 Å². The van der Waals surface area contributed by atoms with Gasteiger partial charge in [0.1, 0.15) is 11.9 Å². The minimum absolute atomic E-state index is 0.429. The maximum atomic E-state index is 11.0. The van der Waals surface area contributed by atoms with E-state index < -0.39 is 12.0 Å². The zero-order valence-electron chi connectivity index (χ0n) is 9.81. The molecule has 1 aromatic heterocycles. The van der Waals surface area contributed by atoms with Gasteiger partial charge in [-0.3, -0.25) is 4.79 Å². The smallest absolute Gasteiger partial charge is 0.322 e. The van der Waals surface area contributed by atoms with E-state index in [2.05, 4.69) is 17.2 Å². The van der Waals surface area contributed by atoms with Crippen LogP contribution >= 0.6 is 0 Å². The first-order valence-corrected chi connectivity index (χ1v) is 5.65.